The van der Waals surface area contributed by atoms with Crippen LogP contribution in [0.15, 0.2) is 24.3 Å². The first-order valence-electron chi connectivity index (χ1n) is 7.77. The minimum atomic E-state index is 0.710. The van der Waals surface area contributed by atoms with Crippen molar-refractivity contribution in [1.82, 2.24) is 5.32 Å². The summed E-state index contributed by atoms with van der Waals surface area (Å²) < 4.78 is 0. The minimum Gasteiger partial charge on any atom is -0.369 e. The van der Waals surface area contributed by atoms with Crippen LogP contribution in [0.4, 0.5) is 5.69 Å². The molecule has 1 aromatic rings. The third-order valence-corrected chi connectivity index (χ3v) is 4.00. The number of hydrogen-bond donors (Lipinski definition) is 1. The van der Waals surface area contributed by atoms with Gasteiger partial charge < -0.3 is 10.2 Å². The summed E-state index contributed by atoms with van der Waals surface area (Å²) in [4.78, 5) is 2.57. The van der Waals surface area contributed by atoms with E-state index < -0.39 is 0 Å². The molecule has 0 amide bonds. The lowest BCUT2D eigenvalue weighted by Crippen LogP contribution is -2.43. The summed E-state index contributed by atoms with van der Waals surface area (Å²) in [5.74, 6) is 0.734. The summed E-state index contributed by atoms with van der Waals surface area (Å²) in [5.41, 5.74) is 2.85. The molecule has 1 aliphatic rings. The molecule has 1 heterocycles. The topological polar surface area (TPSA) is 15.3 Å². The van der Waals surface area contributed by atoms with Gasteiger partial charge in [0.05, 0.1) is 0 Å². The van der Waals surface area contributed by atoms with Gasteiger partial charge >= 0.3 is 0 Å². The fourth-order valence-electron chi connectivity index (χ4n) is 3.06. The molecule has 0 aromatic heterocycles. The number of nitrogens with one attached hydrogen (secondary N) is 1. The molecular weight excluding hydrogens is 232 g/mol. The predicted molar refractivity (Wildman–Crippen MR) is 83.9 cm³/mol. The smallest absolute Gasteiger partial charge is 0.0368 e. The Hall–Kier alpha value is -1.02. The molecule has 2 rings (SSSR count). The van der Waals surface area contributed by atoms with Crippen LogP contribution in [-0.4, -0.2) is 25.7 Å². The molecule has 0 saturated carbocycles. The molecule has 0 spiro atoms. The van der Waals surface area contributed by atoms with Gasteiger partial charge in [-0.1, -0.05) is 26.0 Å². The van der Waals surface area contributed by atoms with E-state index in [9.17, 15) is 0 Å². The number of benzene rings is 1. The van der Waals surface area contributed by atoms with E-state index in [1.54, 1.807) is 0 Å². The highest BCUT2D eigenvalue weighted by Crippen LogP contribution is 2.22. The fraction of sp³-hybridized carbons (Fsp3) is 0.647. The minimum absolute atomic E-state index is 0.710. The van der Waals surface area contributed by atoms with Crippen molar-refractivity contribution in [3.63, 3.8) is 0 Å². The van der Waals surface area contributed by atoms with E-state index in [2.05, 4.69) is 55.3 Å². The average Bonchev–Trinajstić information content (AvgIpc) is 2.42. The summed E-state index contributed by atoms with van der Waals surface area (Å²) >= 11 is 0. The number of piperidine rings is 1. The maximum absolute atomic E-state index is 3.45. The molecule has 1 aliphatic heterocycles. The maximum atomic E-state index is 3.45. The van der Waals surface area contributed by atoms with Gasteiger partial charge in [0.25, 0.3) is 0 Å². The van der Waals surface area contributed by atoms with Gasteiger partial charge in [0.2, 0.25) is 0 Å². The summed E-state index contributed by atoms with van der Waals surface area (Å²) in [6.45, 7) is 10.3. The molecule has 2 nitrogen and oxygen atoms in total. The Morgan fingerprint density at radius 2 is 1.79 bits per heavy atom. The van der Waals surface area contributed by atoms with Gasteiger partial charge in [0, 0.05) is 18.3 Å². The van der Waals surface area contributed by atoms with Crippen LogP contribution in [0.1, 0.15) is 39.2 Å². The van der Waals surface area contributed by atoms with Crippen LogP contribution in [0.3, 0.4) is 0 Å². The highest BCUT2D eigenvalue weighted by molar-refractivity contribution is 5.48. The molecule has 1 fully saturated rings. The van der Waals surface area contributed by atoms with Crippen LogP contribution in [0, 0.1) is 5.92 Å². The van der Waals surface area contributed by atoms with E-state index in [1.807, 2.05) is 0 Å². The number of hydrogen-bond acceptors (Lipinski definition) is 2. The SMILES string of the molecule is CCN(c1ccc(CC(C)C)cc1)C1CCNCC1. The van der Waals surface area contributed by atoms with Crippen molar-refractivity contribution in [2.45, 2.75) is 46.1 Å². The summed E-state index contributed by atoms with van der Waals surface area (Å²) in [6, 6.07) is 9.94. The van der Waals surface area contributed by atoms with Gasteiger partial charge in [-0.25, -0.2) is 0 Å². The molecule has 19 heavy (non-hydrogen) atoms. The van der Waals surface area contributed by atoms with Crippen molar-refractivity contribution in [3.05, 3.63) is 29.8 Å². The summed E-state index contributed by atoms with van der Waals surface area (Å²) in [6.07, 6.45) is 3.71. The molecule has 0 bridgehead atoms. The molecule has 0 radical (unpaired) electrons. The summed E-state index contributed by atoms with van der Waals surface area (Å²) in [7, 11) is 0. The van der Waals surface area contributed by atoms with E-state index in [0.717, 1.165) is 25.6 Å². The number of rotatable bonds is 5. The lowest BCUT2D eigenvalue weighted by molar-refractivity contribution is 0.433. The van der Waals surface area contributed by atoms with Crippen LogP contribution < -0.4 is 10.2 Å². The van der Waals surface area contributed by atoms with Crippen molar-refractivity contribution < 1.29 is 0 Å². The zero-order valence-corrected chi connectivity index (χ0v) is 12.7. The van der Waals surface area contributed by atoms with Crippen molar-refractivity contribution in [1.29, 1.82) is 0 Å². The third-order valence-electron chi connectivity index (χ3n) is 4.00. The standard InChI is InChI=1S/C17H28N2/c1-4-19(17-9-11-18-12-10-17)16-7-5-15(6-8-16)13-14(2)3/h5-8,14,17-18H,4,9-13H2,1-3H3. The van der Waals surface area contributed by atoms with Crippen molar-refractivity contribution in [2.24, 2.45) is 5.92 Å². The number of anilines is 1. The Balaban J connectivity index is 2.05. The second-order valence-electron chi connectivity index (χ2n) is 6.03. The molecule has 2 heteroatoms. The van der Waals surface area contributed by atoms with Gasteiger partial charge in [-0.05, 0) is 62.9 Å². The second kappa shape index (κ2) is 6.95. The average molecular weight is 260 g/mol. The second-order valence-corrected chi connectivity index (χ2v) is 6.03. The van der Waals surface area contributed by atoms with Gasteiger partial charge in [-0.2, -0.15) is 0 Å². The van der Waals surface area contributed by atoms with Crippen molar-refractivity contribution >= 4 is 5.69 Å². The highest BCUT2D eigenvalue weighted by Gasteiger charge is 2.19. The van der Waals surface area contributed by atoms with Gasteiger partial charge in [0.15, 0.2) is 0 Å². The third kappa shape index (κ3) is 3.97. The van der Waals surface area contributed by atoms with E-state index in [4.69, 9.17) is 0 Å². The monoisotopic (exact) mass is 260 g/mol. The Bertz CT molecular complexity index is 363. The Morgan fingerprint density at radius 1 is 1.16 bits per heavy atom. The quantitative estimate of drug-likeness (QED) is 0.872. The highest BCUT2D eigenvalue weighted by atomic mass is 15.2. The molecule has 1 saturated heterocycles. The lowest BCUT2D eigenvalue weighted by atomic mass is 10.0. The number of nitrogens with zero attached hydrogens (tertiary/aromatic N) is 1. The Labute approximate surface area is 118 Å². The molecule has 0 unspecified atom stereocenters. The lowest BCUT2D eigenvalue weighted by Gasteiger charge is -2.35. The predicted octanol–water partition coefficient (Wildman–Crippen LogP) is 3.46. The van der Waals surface area contributed by atoms with E-state index in [1.165, 1.54) is 30.5 Å². The molecule has 1 aromatic carbocycles. The fourth-order valence-corrected chi connectivity index (χ4v) is 3.06. The molecule has 106 valence electrons. The largest absolute Gasteiger partial charge is 0.369 e. The molecule has 0 atom stereocenters. The zero-order valence-electron chi connectivity index (χ0n) is 12.7. The van der Waals surface area contributed by atoms with Crippen molar-refractivity contribution in [3.8, 4) is 0 Å². The maximum Gasteiger partial charge on any atom is 0.0368 e. The molecule has 1 N–H and O–H groups in total. The van der Waals surface area contributed by atoms with E-state index in [-0.39, 0.29) is 0 Å². The van der Waals surface area contributed by atoms with Crippen LogP contribution in [0.25, 0.3) is 0 Å². The Kier molecular flexibility index (Phi) is 5.26. The van der Waals surface area contributed by atoms with Crippen molar-refractivity contribution in [2.75, 3.05) is 24.5 Å². The molecule has 0 aliphatic carbocycles. The van der Waals surface area contributed by atoms with Crippen LogP contribution in [0.5, 0.6) is 0 Å². The van der Waals surface area contributed by atoms with Crippen LogP contribution in [-0.2, 0) is 6.42 Å². The first kappa shape index (κ1) is 14.4. The van der Waals surface area contributed by atoms with Crippen LogP contribution >= 0.6 is 0 Å². The van der Waals surface area contributed by atoms with Gasteiger partial charge in [0.1, 0.15) is 0 Å². The van der Waals surface area contributed by atoms with Gasteiger partial charge in [-0.15, -0.1) is 0 Å². The van der Waals surface area contributed by atoms with Gasteiger partial charge in [-0.3, -0.25) is 0 Å². The summed E-state index contributed by atoms with van der Waals surface area (Å²) in [5, 5.41) is 3.45. The van der Waals surface area contributed by atoms with E-state index in [0.29, 0.717) is 6.04 Å². The Morgan fingerprint density at radius 3 is 2.32 bits per heavy atom. The first-order chi connectivity index (χ1) is 9.20. The zero-order chi connectivity index (χ0) is 13.7. The normalized spacial score (nSPS) is 16.8. The first-order valence-corrected chi connectivity index (χ1v) is 7.77. The molecular formula is C17H28N2. The van der Waals surface area contributed by atoms with E-state index >= 15 is 0 Å². The van der Waals surface area contributed by atoms with Crippen LogP contribution in [0.2, 0.25) is 0 Å².